The average Bonchev–Trinajstić information content (AvgIpc) is 2.95. The lowest BCUT2D eigenvalue weighted by Crippen LogP contribution is -2.30. The second-order valence-electron chi connectivity index (χ2n) is 8.26. The van der Waals surface area contributed by atoms with Crippen LogP contribution < -0.4 is 4.90 Å². The van der Waals surface area contributed by atoms with Gasteiger partial charge in [0, 0.05) is 36.5 Å². The number of rotatable bonds is 6. The number of para-hydroxylation sites is 1. The first kappa shape index (κ1) is 24.6. The van der Waals surface area contributed by atoms with Gasteiger partial charge in [0.05, 0.1) is 10.5 Å². The van der Waals surface area contributed by atoms with E-state index in [1.165, 1.54) is 22.5 Å². The Bertz CT molecular complexity index is 1280. The molecule has 0 saturated heterocycles. The minimum absolute atomic E-state index is 0.166. The molecule has 4 rings (SSSR count). The minimum atomic E-state index is -4.52. The summed E-state index contributed by atoms with van der Waals surface area (Å²) in [6.45, 7) is 0.759. The molecule has 0 atom stereocenters. The maximum Gasteiger partial charge on any atom is 0.416 e. The van der Waals surface area contributed by atoms with Crippen LogP contribution >= 0.6 is 11.6 Å². The van der Waals surface area contributed by atoms with Gasteiger partial charge in [0.1, 0.15) is 0 Å². The van der Waals surface area contributed by atoms with E-state index in [4.69, 9.17) is 11.6 Å². The zero-order valence-electron chi connectivity index (χ0n) is 18.5. The molecule has 9 heteroatoms. The fourth-order valence-corrected chi connectivity index (χ4v) is 5.57. The van der Waals surface area contributed by atoms with Crippen LogP contribution in [0.5, 0.6) is 0 Å². The average molecular weight is 509 g/mol. The molecule has 180 valence electrons. The second-order valence-corrected chi connectivity index (χ2v) is 10.7. The van der Waals surface area contributed by atoms with Crippen LogP contribution in [0.3, 0.4) is 0 Å². The number of aryl methyl sites for hydroxylation is 2. The third-order valence-electron chi connectivity index (χ3n) is 6.03. The highest BCUT2D eigenvalue weighted by molar-refractivity contribution is 7.89. The largest absolute Gasteiger partial charge is 0.416 e. The van der Waals surface area contributed by atoms with Crippen molar-refractivity contribution in [2.45, 2.75) is 30.3 Å². The summed E-state index contributed by atoms with van der Waals surface area (Å²) in [5.41, 5.74) is 3.57. The molecule has 0 fully saturated rings. The number of alkyl halides is 3. The van der Waals surface area contributed by atoms with Gasteiger partial charge in [-0.25, -0.2) is 12.7 Å². The van der Waals surface area contributed by atoms with Gasteiger partial charge >= 0.3 is 6.18 Å². The molecule has 0 radical (unpaired) electrons. The molecule has 1 aliphatic rings. The van der Waals surface area contributed by atoms with E-state index < -0.39 is 21.8 Å². The van der Waals surface area contributed by atoms with Crippen LogP contribution in [0, 0.1) is 0 Å². The lowest BCUT2D eigenvalue weighted by atomic mass is 10.0. The minimum Gasteiger partial charge on any atom is -0.341 e. The Balaban J connectivity index is 1.51. The van der Waals surface area contributed by atoms with Gasteiger partial charge in [-0.1, -0.05) is 35.9 Å². The molecule has 3 aromatic carbocycles. The molecule has 1 heterocycles. The summed E-state index contributed by atoms with van der Waals surface area (Å²) >= 11 is 6.29. The quantitative estimate of drug-likeness (QED) is 0.392. The van der Waals surface area contributed by atoms with Crippen molar-refractivity contribution in [3.8, 4) is 0 Å². The van der Waals surface area contributed by atoms with Crippen LogP contribution in [-0.2, 0) is 29.0 Å². The third-order valence-corrected chi connectivity index (χ3v) is 8.13. The summed E-state index contributed by atoms with van der Waals surface area (Å²) in [6.07, 6.45) is -2.24. The van der Waals surface area contributed by atoms with Gasteiger partial charge in [-0.2, -0.15) is 13.2 Å². The standard InChI is InChI=1S/C25H24ClF3N2O2S/c1-30(34(32,33)22-13-10-20(11-14-22)25(27,28)29)15-4-16-31-23-6-3-2-5-18(23)7-8-19-9-12-21(26)17-24(19)31/h2-3,5-6,9-14,17H,4,7-8,15-16H2,1H3. The SMILES string of the molecule is CN(CCCN1c2ccccc2CCc2ccc(Cl)cc21)S(=O)(=O)c1ccc(C(F)(F)F)cc1. The molecular formula is C25H24ClF3N2O2S. The fourth-order valence-electron chi connectivity index (χ4n) is 4.19. The lowest BCUT2D eigenvalue weighted by molar-refractivity contribution is -0.137. The topological polar surface area (TPSA) is 40.6 Å². The van der Waals surface area contributed by atoms with Gasteiger partial charge in [-0.05, 0) is 72.9 Å². The fraction of sp³-hybridized carbons (Fsp3) is 0.280. The summed E-state index contributed by atoms with van der Waals surface area (Å²) in [7, 11) is -2.47. The predicted octanol–water partition coefficient (Wildman–Crippen LogP) is 6.31. The van der Waals surface area contributed by atoms with Crippen molar-refractivity contribution in [1.29, 1.82) is 0 Å². The first-order valence-electron chi connectivity index (χ1n) is 10.8. The van der Waals surface area contributed by atoms with Crippen LogP contribution in [0.2, 0.25) is 5.02 Å². The summed E-state index contributed by atoms with van der Waals surface area (Å²) in [4.78, 5) is 2.00. The van der Waals surface area contributed by atoms with Crippen molar-refractivity contribution >= 4 is 33.0 Å². The number of sulfonamides is 1. The highest BCUT2D eigenvalue weighted by Gasteiger charge is 2.31. The molecule has 0 aliphatic carbocycles. The molecule has 0 bridgehead atoms. The van der Waals surface area contributed by atoms with E-state index in [1.54, 1.807) is 0 Å². The van der Waals surface area contributed by atoms with Crippen molar-refractivity contribution in [2.24, 2.45) is 0 Å². The van der Waals surface area contributed by atoms with Crippen LogP contribution in [0.15, 0.2) is 71.6 Å². The Morgan fingerprint density at radius 1 is 0.941 bits per heavy atom. The molecule has 0 aromatic heterocycles. The Morgan fingerprint density at radius 2 is 1.59 bits per heavy atom. The van der Waals surface area contributed by atoms with Crippen LogP contribution in [0.25, 0.3) is 0 Å². The number of nitrogens with zero attached hydrogens (tertiary/aromatic N) is 2. The van der Waals surface area contributed by atoms with Crippen molar-refractivity contribution in [3.05, 3.63) is 88.4 Å². The number of halogens is 4. The van der Waals surface area contributed by atoms with Crippen LogP contribution in [-0.4, -0.2) is 32.9 Å². The molecule has 0 amide bonds. The summed E-state index contributed by atoms with van der Waals surface area (Å²) in [5, 5.41) is 0.630. The molecule has 0 N–H and O–H groups in total. The summed E-state index contributed by atoms with van der Waals surface area (Å²) in [5.74, 6) is 0. The highest BCUT2D eigenvalue weighted by atomic mass is 35.5. The van der Waals surface area contributed by atoms with E-state index in [1.807, 2.05) is 36.4 Å². The Morgan fingerprint density at radius 3 is 2.26 bits per heavy atom. The molecule has 3 aromatic rings. The normalized spacial score (nSPS) is 14.0. The maximum atomic E-state index is 12.9. The monoisotopic (exact) mass is 508 g/mol. The number of hydrogen-bond donors (Lipinski definition) is 0. The van der Waals surface area contributed by atoms with Crippen LogP contribution in [0.4, 0.5) is 24.5 Å². The lowest BCUT2D eigenvalue weighted by Gasteiger charge is -2.28. The third kappa shape index (κ3) is 5.09. The van der Waals surface area contributed by atoms with Crippen molar-refractivity contribution in [1.82, 2.24) is 4.31 Å². The molecule has 4 nitrogen and oxygen atoms in total. The van der Waals surface area contributed by atoms with E-state index in [0.717, 1.165) is 48.5 Å². The first-order chi connectivity index (χ1) is 16.1. The smallest absolute Gasteiger partial charge is 0.341 e. The predicted molar refractivity (Wildman–Crippen MR) is 128 cm³/mol. The van der Waals surface area contributed by atoms with Crippen LogP contribution in [0.1, 0.15) is 23.1 Å². The van der Waals surface area contributed by atoms with Gasteiger partial charge in [0.15, 0.2) is 0 Å². The Hall–Kier alpha value is -2.55. The molecule has 0 spiro atoms. The van der Waals surface area contributed by atoms with E-state index in [2.05, 4.69) is 11.0 Å². The maximum absolute atomic E-state index is 12.9. The highest BCUT2D eigenvalue weighted by Crippen LogP contribution is 2.37. The molecule has 1 aliphatic heterocycles. The Kier molecular flexibility index (Phi) is 6.94. The van der Waals surface area contributed by atoms with Gasteiger partial charge in [0.2, 0.25) is 10.0 Å². The molecule has 0 unspecified atom stereocenters. The molecule has 0 saturated carbocycles. The van der Waals surface area contributed by atoms with E-state index >= 15 is 0 Å². The first-order valence-corrected chi connectivity index (χ1v) is 12.7. The zero-order chi connectivity index (χ0) is 24.5. The van der Waals surface area contributed by atoms with E-state index in [0.29, 0.717) is 18.0 Å². The summed E-state index contributed by atoms with van der Waals surface area (Å²) < 4.78 is 65.4. The second kappa shape index (κ2) is 9.60. The number of fused-ring (bicyclic) bond motifs is 2. The van der Waals surface area contributed by atoms with E-state index in [9.17, 15) is 21.6 Å². The van der Waals surface area contributed by atoms with Gasteiger partial charge < -0.3 is 4.90 Å². The van der Waals surface area contributed by atoms with Crippen molar-refractivity contribution in [3.63, 3.8) is 0 Å². The van der Waals surface area contributed by atoms with Crippen molar-refractivity contribution in [2.75, 3.05) is 25.0 Å². The van der Waals surface area contributed by atoms with Gasteiger partial charge in [-0.3, -0.25) is 0 Å². The molecular weight excluding hydrogens is 485 g/mol. The van der Waals surface area contributed by atoms with Gasteiger partial charge in [-0.15, -0.1) is 0 Å². The summed E-state index contributed by atoms with van der Waals surface area (Å²) in [6, 6.07) is 17.5. The van der Waals surface area contributed by atoms with Gasteiger partial charge in [0.25, 0.3) is 0 Å². The number of hydrogen-bond acceptors (Lipinski definition) is 3. The zero-order valence-corrected chi connectivity index (χ0v) is 20.1. The number of anilines is 2. The number of benzene rings is 3. The van der Waals surface area contributed by atoms with E-state index in [-0.39, 0.29) is 11.4 Å². The van der Waals surface area contributed by atoms with Crippen molar-refractivity contribution < 1.29 is 21.6 Å². The molecule has 34 heavy (non-hydrogen) atoms. The Labute approximate surface area is 202 Å².